The molecule has 0 spiro atoms. The van der Waals surface area contributed by atoms with Gasteiger partial charge < -0.3 is 9.47 Å². The second kappa shape index (κ2) is 3.67. The zero-order valence-electron chi connectivity index (χ0n) is 6.38. The van der Waals surface area contributed by atoms with Gasteiger partial charge in [-0.05, 0) is 6.42 Å². The quantitative estimate of drug-likeness (QED) is 0.540. The molecule has 0 N–H and O–H groups in total. The average Bonchev–Trinajstić information content (AvgIpc) is 1.93. The van der Waals surface area contributed by atoms with Crippen molar-refractivity contribution in [2.45, 2.75) is 32.2 Å². The summed E-state index contributed by atoms with van der Waals surface area (Å²) >= 11 is 0. The van der Waals surface area contributed by atoms with Crippen LogP contribution in [0.4, 0.5) is 4.39 Å². The van der Waals surface area contributed by atoms with Gasteiger partial charge in [-0.2, -0.15) is 0 Å². The van der Waals surface area contributed by atoms with Crippen molar-refractivity contribution in [3.05, 3.63) is 0 Å². The number of esters is 1. The normalized spacial score (nSPS) is 31.5. The first kappa shape index (κ1) is 8.46. The van der Waals surface area contributed by atoms with Gasteiger partial charge in [-0.15, -0.1) is 0 Å². The molecule has 0 aromatic heterocycles. The number of rotatable bonds is 1. The molecule has 1 heterocycles. The Morgan fingerprint density at radius 2 is 2.36 bits per heavy atom. The maximum absolute atomic E-state index is 12.4. The molecule has 0 saturated carbocycles. The first-order valence-corrected chi connectivity index (χ1v) is 3.61. The molecule has 1 rings (SSSR count). The molecule has 11 heavy (non-hydrogen) atoms. The van der Waals surface area contributed by atoms with Crippen LogP contribution in [0.3, 0.4) is 0 Å². The first-order valence-electron chi connectivity index (χ1n) is 3.61. The zero-order valence-corrected chi connectivity index (χ0v) is 6.38. The van der Waals surface area contributed by atoms with Gasteiger partial charge >= 0.3 is 5.97 Å². The number of alkyl halides is 1. The lowest BCUT2D eigenvalue weighted by Gasteiger charge is -2.23. The molecule has 0 radical (unpaired) electrons. The van der Waals surface area contributed by atoms with Crippen LogP contribution in [0.25, 0.3) is 0 Å². The lowest BCUT2D eigenvalue weighted by molar-refractivity contribution is -0.191. The molecule has 0 aromatic carbocycles. The van der Waals surface area contributed by atoms with Crippen LogP contribution < -0.4 is 0 Å². The van der Waals surface area contributed by atoms with E-state index >= 15 is 0 Å². The Labute approximate surface area is 64.5 Å². The second-order valence-electron chi connectivity index (χ2n) is 2.55. The largest absolute Gasteiger partial charge is 0.436 e. The van der Waals surface area contributed by atoms with Crippen molar-refractivity contribution in [1.82, 2.24) is 0 Å². The van der Waals surface area contributed by atoms with E-state index in [-0.39, 0.29) is 12.6 Å². The number of hydrogen-bond donors (Lipinski definition) is 0. The molecule has 2 unspecified atom stereocenters. The molecular formula is C7H11FO3. The summed E-state index contributed by atoms with van der Waals surface area (Å²) in [6, 6.07) is 0. The summed E-state index contributed by atoms with van der Waals surface area (Å²) in [4.78, 5) is 10.4. The molecule has 3 nitrogen and oxygen atoms in total. The van der Waals surface area contributed by atoms with Crippen LogP contribution in [-0.4, -0.2) is 25.0 Å². The molecule has 64 valence electrons. The fourth-order valence-electron chi connectivity index (χ4n) is 0.973. The molecule has 1 fully saturated rings. The summed E-state index contributed by atoms with van der Waals surface area (Å²) in [5.41, 5.74) is 0. The second-order valence-corrected chi connectivity index (χ2v) is 2.55. The van der Waals surface area contributed by atoms with Crippen molar-refractivity contribution >= 4 is 5.97 Å². The van der Waals surface area contributed by atoms with Crippen LogP contribution in [0.1, 0.15) is 19.8 Å². The fourth-order valence-corrected chi connectivity index (χ4v) is 0.973. The highest BCUT2D eigenvalue weighted by Gasteiger charge is 2.22. The molecule has 1 saturated heterocycles. The molecule has 0 bridgehead atoms. The Morgan fingerprint density at radius 1 is 1.64 bits per heavy atom. The number of hydrogen-bond acceptors (Lipinski definition) is 3. The summed E-state index contributed by atoms with van der Waals surface area (Å²) in [5, 5.41) is 0. The van der Waals surface area contributed by atoms with Crippen molar-refractivity contribution in [3.63, 3.8) is 0 Å². The SMILES string of the molecule is CC(=O)OC1CCC(F)CO1. The van der Waals surface area contributed by atoms with Gasteiger partial charge in [-0.25, -0.2) is 4.39 Å². The maximum atomic E-state index is 12.4. The standard InChI is InChI=1S/C7H11FO3/c1-5(9)11-7-3-2-6(8)4-10-7/h6-7H,2-4H2,1H3. The van der Waals surface area contributed by atoms with Crippen molar-refractivity contribution in [2.24, 2.45) is 0 Å². The highest BCUT2D eigenvalue weighted by molar-refractivity contribution is 5.66. The third-order valence-electron chi connectivity index (χ3n) is 1.48. The Bertz CT molecular complexity index is 141. The van der Waals surface area contributed by atoms with E-state index in [9.17, 15) is 9.18 Å². The summed E-state index contributed by atoms with van der Waals surface area (Å²) in [5.74, 6) is -0.382. The van der Waals surface area contributed by atoms with E-state index < -0.39 is 12.5 Å². The minimum Gasteiger partial charge on any atom is -0.436 e. The van der Waals surface area contributed by atoms with E-state index in [1.54, 1.807) is 0 Å². The van der Waals surface area contributed by atoms with Gasteiger partial charge in [0.05, 0.1) is 6.61 Å². The number of halogens is 1. The van der Waals surface area contributed by atoms with E-state index in [1.807, 2.05) is 0 Å². The molecule has 1 aliphatic heterocycles. The molecule has 4 heteroatoms. The summed E-state index contributed by atoms with van der Waals surface area (Å²) in [6.07, 6.45) is -0.556. The van der Waals surface area contributed by atoms with Gasteiger partial charge in [0, 0.05) is 13.3 Å². The monoisotopic (exact) mass is 162 g/mol. The predicted molar refractivity (Wildman–Crippen MR) is 35.6 cm³/mol. The van der Waals surface area contributed by atoms with Gasteiger partial charge in [0.2, 0.25) is 6.29 Å². The molecule has 0 aromatic rings. The number of ether oxygens (including phenoxy) is 2. The highest BCUT2D eigenvalue weighted by Crippen LogP contribution is 2.16. The Morgan fingerprint density at radius 3 is 2.82 bits per heavy atom. The Balaban J connectivity index is 2.22. The van der Waals surface area contributed by atoms with Crippen LogP contribution in [0.15, 0.2) is 0 Å². The lowest BCUT2D eigenvalue weighted by atomic mass is 10.2. The van der Waals surface area contributed by atoms with E-state index in [4.69, 9.17) is 9.47 Å². The summed E-state index contributed by atoms with van der Waals surface area (Å²) in [7, 11) is 0. The number of carbonyl (C=O) groups excluding carboxylic acids is 1. The molecule has 0 amide bonds. The minimum absolute atomic E-state index is 0.0396. The lowest BCUT2D eigenvalue weighted by Crippen LogP contribution is -2.30. The van der Waals surface area contributed by atoms with Crippen molar-refractivity contribution in [3.8, 4) is 0 Å². The molecule has 0 aliphatic carbocycles. The average molecular weight is 162 g/mol. The van der Waals surface area contributed by atoms with Gasteiger partial charge in [-0.3, -0.25) is 4.79 Å². The van der Waals surface area contributed by atoms with E-state index in [0.717, 1.165) is 0 Å². The van der Waals surface area contributed by atoms with Crippen LogP contribution in [0.2, 0.25) is 0 Å². The Hall–Kier alpha value is -0.640. The summed E-state index contributed by atoms with van der Waals surface area (Å²) < 4.78 is 22.0. The molecule has 2 atom stereocenters. The van der Waals surface area contributed by atoms with E-state index in [1.165, 1.54) is 6.92 Å². The van der Waals surface area contributed by atoms with Crippen LogP contribution >= 0.6 is 0 Å². The fraction of sp³-hybridized carbons (Fsp3) is 0.857. The minimum atomic E-state index is -0.901. The third-order valence-corrected chi connectivity index (χ3v) is 1.48. The van der Waals surface area contributed by atoms with E-state index in [0.29, 0.717) is 12.8 Å². The molecular weight excluding hydrogens is 151 g/mol. The Kier molecular flexibility index (Phi) is 2.82. The van der Waals surface area contributed by atoms with Crippen LogP contribution in [0.5, 0.6) is 0 Å². The van der Waals surface area contributed by atoms with Gasteiger partial charge in [0.25, 0.3) is 0 Å². The first-order chi connectivity index (χ1) is 5.18. The third kappa shape index (κ3) is 2.84. The van der Waals surface area contributed by atoms with Crippen molar-refractivity contribution in [1.29, 1.82) is 0 Å². The topological polar surface area (TPSA) is 35.5 Å². The van der Waals surface area contributed by atoms with Crippen LogP contribution in [0, 0.1) is 0 Å². The van der Waals surface area contributed by atoms with Gasteiger partial charge in [0.1, 0.15) is 6.17 Å². The van der Waals surface area contributed by atoms with E-state index in [2.05, 4.69) is 0 Å². The van der Waals surface area contributed by atoms with Crippen molar-refractivity contribution in [2.75, 3.05) is 6.61 Å². The zero-order chi connectivity index (χ0) is 8.27. The maximum Gasteiger partial charge on any atom is 0.304 e. The smallest absolute Gasteiger partial charge is 0.304 e. The predicted octanol–water partition coefficient (Wildman–Crippen LogP) is 1.02. The van der Waals surface area contributed by atoms with Crippen molar-refractivity contribution < 1.29 is 18.7 Å². The summed E-state index contributed by atoms with van der Waals surface area (Å²) in [6.45, 7) is 1.35. The van der Waals surface area contributed by atoms with Gasteiger partial charge in [-0.1, -0.05) is 0 Å². The molecule has 1 aliphatic rings. The highest BCUT2D eigenvalue weighted by atomic mass is 19.1. The van der Waals surface area contributed by atoms with Gasteiger partial charge in [0.15, 0.2) is 0 Å². The van der Waals surface area contributed by atoms with Crippen LogP contribution in [-0.2, 0) is 14.3 Å². The number of carbonyl (C=O) groups is 1.